The van der Waals surface area contributed by atoms with Gasteiger partial charge < -0.3 is 25.2 Å². The fraction of sp³-hybridized carbons (Fsp3) is 0.778. The van der Waals surface area contributed by atoms with Crippen molar-refractivity contribution in [2.24, 2.45) is 4.99 Å². The molecule has 0 aromatic carbocycles. The van der Waals surface area contributed by atoms with E-state index in [0.717, 1.165) is 6.92 Å². The van der Waals surface area contributed by atoms with Gasteiger partial charge in [-0.2, -0.15) is 4.99 Å². The van der Waals surface area contributed by atoms with Crippen LogP contribution in [0, 0.1) is 0 Å². The summed E-state index contributed by atoms with van der Waals surface area (Å²) in [4.78, 5) is 14.9. The second kappa shape index (κ2) is 5.28. The molecule has 0 spiro atoms. The molecule has 0 amide bonds. The first-order chi connectivity index (χ1) is 7.90. The summed E-state index contributed by atoms with van der Waals surface area (Å²) in [7, 11) is 0. The summed E-state index contributed by atoms with van der Waals surface area (Å²) in [5, 5.41) is 39.7. The number of rotatable bonds is 3. The lowest BCUT2D eigenvalue weighted by atomic mass is 9.89. The van der Waals surface area contributed by atoms with Crippen LogP contribution in [0.5, 0.6) is 0 Å². The third-order valence-corrected chi connectivity index (χ3v) is 2.77. The number of ketones is 1. The van der Waals surface area contributed by atoms with Crippen molar-refractivity contribution >= 4 is 23.2 Å². The Hall–Kier alpha value is -0.730. The van der Waals surface area contributed by atoms with Gasteiger partial charge >= 0.3 is 0 Å². The highest BCUT2D eigenvalue weighted by molar-refractivity contribution is 7.78. The zero-order valence-corrected chi connectivity index (χ0v) is 9.79. The summed E-state index contributed by atoms with van der Waals surface area (Å²) < 4.78 is 5.06. The zero-order chi connectivity index (χ0) is 13.2. The molecule has 7 nitrogen and oxygen atoms in total. The van der Waals surface area contributed by atoms with Crippen LogP contribution in [-0.4, -0.2) is 68.1 Å². The normalized spacial score (nSPS) is 41.7. The lowest BCUT2D eigenvalue weighted by Crippen LogP contribution is -2.66. The largest absolute Gasteiger partial charge is 0.394 e. The Bertz CT molecular complexity index is 351. The van der Waals surface area contributed by atoms with Crippen molar-refractivity contribution in [1.29, 1.82) is 0 Å². The molecule has 0 aromatic heterocycles. The van der Waals surface area contributed by atoms with Crippen LogP contribution in [0.3, 0.4) is 0 Å². The highest BCUT2D eigenvalue weighted by Crippen LogP contribution is 2.31. The minimum atomic E-state index is -2.13. The van der Waals surface area contributed by atoms with Crippen LogP contribution in [0.25, 0.3) is 0 Å². The predicted octanol–water partition coefficient (Wildman–Crippen LogP) is -2.15. The molecule has 1 aliphatic rings. The van der Waals surface area contributed by atoms with Gasteiger partial charge in [-0.1, -0.05) is 0 Å². The van der Waals surface area contributed by atoms with Crippen LogP contribution in [-0.2, 0) is 9.53 Å². The Kier molecular flexibility index (Phi) is 4.45. The number of aliphatic imine (C=N–C) groups is 1. The molecular weight excluding hydrogens is 250 g/mol. The van der Waals surface area contributed by atoms with Crippen LogP contribution in [0.1, 0.15) is 6.92 Å². The third kappa shape index (κ3) is 2.29. The highest BCUT2D eigenvalue weighted by atomic mass is 32.1. The van der Waals surface area contributed by atoms with E-state index in [9.17, 15) is 20.1 Å². The fourth-order valence-electron chi connectivity index (χ4n) is 1.68. The van der Waals surface area contributed by atoms with Gasteiger partial charge in [-0.05, 0) is 19.1 Å². The number of carbonyl (C=O) groups excluding carboxylic acids is 1. The van der Waals surface area contributed by atoms with Crippen molar-refractivity contribution in [1.82, 2.24) is 0 Å². The van der Waals surface area contributed by atoms with Crippen LogP contribution in [0.4, 0.5) is 0 Å². The second-order valence-electron chi connectivity index (χ2n) is 3.72. The van der Waals surface area contributed by atoms with Crippen molar-refractivity contribution in [3.8, 4) is 0 Å². The Morgan fingerprint density at radius 3 is 2.47 bits per heavy atom. The minimum Gasteiger partial charge on any atom is -0.394 e. The number of hydrogen-bond acceptors (Lipinski definition) is 8. The van der Waals surface area contributed by atoms with Gasteiger partial charge in [0, 0.05) is 0 Å². The van der Waals surface area contributed by atoms with E-state index in [2.05, 4.69) is 17.2 Å². The maximum atomic E-state index is 11.5. The third-order valence-electron chi connectivity index (χ3n) is 2.68. The van der Waals surface area contributed by atoms with Crippen molar-refractivity contribution in [3.63, 3.8) is 0 Å². The van der Waals surface area contributed by atoms with Crippen molar-refractivity contribution < 1.29 is 30.0 Å². The molecule has 5 atom stereocenters. The first-order valence-corrected chi connectivity index (χ1v) is 5.24. The summed E-state index contributed by atoms with van der Waals surface area (Å²) in [5.74, 6) is -0.716. The van der Waals surface area contributed by atoms with E-state index in [1.54, 1.807) is 0 Å². The molecule has 4 N–H and O–H groups in total. The molecule has 1 saturated heterocycles. The molecule has 17 heavy (non-hydrogen) atoms. The van der Waals surface area contributed by atoms with Gasteiger partial charge in [-0.25, -0.2) is 0 Å². The van der Waals surface area contributed by atoms with Crippen molar-refractivity contribution in [2.45, 2.75) is 37.1 Å². The molecule has 0 aromatic rings. The molecule has 1 heterocycles. The van der Waals surface area contributed by atoms with Crippen LogP contribution < -0.4 is 0 Å². The summed E-state index contributed by atoms with van der Waals surface area (Å²) in [5.41, 5.74) is -2.13. The number of thiocarbonyl (C=S) groups is 1. The number of nitrogens with zero attached hydrogens (tertiary/aromatic N) is 1. The number of hydrogen-bond donors (Lipinski definition) is 4. The maximum absolute atomic E-state index is 11.5. The first kappa shape index (κ1) is 14.3. The summed E-state index contributed by atoms with van der Waals surface area (Å²) in [6.07, 6.45) is -6.24. The molecule has 0 saturated carbocycles. The first-order valence-electron chi connectivity index (χ1n) is 4.83. The van der Waals surface area contributed by atoms with E-state index in [1.165, 1.54) is 0 Å². The van der Waals surface area contributed by atoms with Gasteiger partial charge in [-0.15, -0.1) is 0 Å². The van der Waals surface area contributed by atoms with E-state index < -0.39 is 42.5 Å². The fourth-order valence-corrected chi connectivity index (χ4v) is 1.82. The number of aliphatic hydroxyl groups excluding tert-OH is 4. The SMILES string of the molecule is CC(=O)C1(N=C=S)O[C@H](CO)[C@@H](O)[C@H](O)[C@H]1O. The molecular formula is C9H13NO6S. The molecule has 1 unspecified atom stereocenters. The molecule has 0 radical (unpaired) electrons. The monoisotopic (exact) mass is 263 g/mol. The predicted molar refractivity (Wildman–Crippen MR) is 58.4 cm³/mol. The lowest BCUT2D eigenvalue weighted by Gasteiger charge is -2.44. The van der Waals surface area contributed by atoms with Gasteiger partial charge in [0.25, 0.3) is 5.72 Å². The van der Waals surface area contributed by atoms with Gasteiger partial charge in [0.05, 0.1) is 11.8 Å². The van der Waals surface area contributed by atoms with E-state index in [1.807, 2.05) is 5.16 Å². The van der Waals surface area contributed by atoms with E-state index in [-0.39, 0.29) is 0 Å². The highest BCUT2D eigenvalue weighted by Gasteiger charge is 2.56. The van der Waals surface area contributed by atoms with E-state index >= 15 is 0 Å². The summed E-state index contributed by atoms with van der Waals surface area (Å²) in [6, 6.07) is 0. The maximum Gasteiger partial charge on any atom is 0.256 e. The van der Waals surface area contributed by atoms with Gasteiger partial charge in [0.1, 0.15) is 24.4 Å². The Labute approximate surface area is 102 Å². The van der Waals surface area contributed by atoms with Gasteiger partial charge in [0.15, 0.2) is 5.78 Å². The van der Waals surface area contributed by atoms with Crippen LogP contribution in [0.15, 0.2) is 4.99 Å². The smallest absolute Gasteiger partial charge is 0.256 e. The molecule has 1 rings (SSSR count). The van der Waals surface area contributed by atoms with Crippen LogP contribution >= 0.6 is 12.2 Å². The minimum absolute atomic E-state index is 0.646. The van der Waals surface area contributed by atoms with E-state index in [4.69, 9.17) is 9.84 Å². The van der Waals surface area contributed by atoms with Gasteiger partial charge in [0.2, 0.25) is 0 Å². The Morgan fingerprint density at radius 2 is 2.06 bits per heavy atom. The summed E-state index contributed by atoms with van der Waals surface area (Å²) in [6.45, 7) is 0.436. The number of carbonyl (C=O) groups is 1. The number of Topliss-reactive ketones (excluding diaryl/α,β-unsaturated/α-hetero) is 1. The molecule has 1 aliphatic heterocycles. The summed E-state index contributed by atoms with van der Waals surface area (Å²) >= 11 is 4.35. The zero-order valence-electron chi connectivity index (χ0n) is 8.98. The Morgan fingerprint density at radius 1 is 1.47 bits per heavy atom. The topological polar surface area (TPSA) is 120 Å². The number of isothiocyanates is 1. The van der Waals surface area contributed by atoms with Crippen LogP contribution in [0.2, 0.25) is 0 Å². The lowest BCUT2D eigenvalue weighted by molar-refractivity contribution is -0.261. The average molecular weight is 263 g/mol. The molecule has 0 aliphatic carbocycles. The standard InChI is InChI=1S/C9H13NO6S/c1-4(12)9(10-3-17)8(15)7(14)6(13)5(2-11)16-9/h5-8,11,13-15H,2H2,1H3/t5-,6-,7+,8-,9?/m1/s1. The van der Waals surface area contributed by atoms with E-state index in [0.29, 0.717) is 0 Å². The second-order valence-corrected chi connectivity index (χ2v) is 3.90. The number of aliphatic hydroxyl groups is 4. The average Bonchev–Trinajstić information content (AvgIpc) is 2.30. The van der Waals surface area contributed by atoms with Crippen molar-refractivity contribution in [2.75, 3.05) is 6.61 Å². The van der Waals surface area contributed by atoms with Gasteiger partial charge in [-0.3, -0.25) is 4.79 Å². The molecule has 1 fully saturated rings. The van der Waals surface area contributed by atoms with Crippen molar-refractivity contribution in [3.05, 3.63) is 0 Å². The quantitative estimate of drug-likeness (QED) is 0.338. The molecule has 96 valence electrons. The molecule has 0 bridgehead atoms. The molecule has 8 heteroatoms. The number of ether oxygens (including phenoxy) is 1. The Balaban J connectivity index is 3.20.